The molecule has 1 unspecified atom stereocenters. The van der Waals surface area contributed by atoms with Gasteiger partial charge in [-0.2, -0.15) is 0 Å². The van der Waals surface area contributed by atoms with Crippen LogP contribution in [0, 0.1) is 0 Å². The normalized spacial score (nSPS) is 19.8. The molecule has 2 aromatic rings. The van der Waals surface area contributed by atoms with E-state index in [0.717, 1.165) is 22.0 Å². The fraction of sp³-hybridized carbons (Fsp3) is 0.222. The molecule has 1 atom stereocenters. The van der Waals surface area contributed by atoms with Crippen LogP contribution < -0.4 is 5.30 Å². The lowest BCUT2D eigenvalue weighted by molar-refractivity contribution is 0.279. The number of rotatable bonds is 4. The van der Waals surface area contributed by atoms with Gasteiger partial charge in [-0.15, -0.1) is 0 Å². The van der Waals surface area contributed by atoms with Gasteiger partial charge in [-0.25, -0.2) is 4.57 Å². The molecule has 0 saturated heterocycles. The Labute approximate surface area is 155 Å². The van der Waals surface area contributed by atoms with E-state index in [0.29, 0.717) is 16.1 Å². The van der Waals surface area contributed by atoms with E-state index in [1.807, 2.05) is 30.3 Å². The first kappa shape index (κ1) is 17.8. The molecule has 0 fully saturated rings. The second-order valence-electron chi connectivity index (χ2n) is 5.36. The third kappa shape index (κ3) is 3.21. The Bertz CT molecular complexity index is 846. The quantitative estimate of drug-likeness (QED) is 0.561. The second kappa shape index (κ2) is 7.05. The smallest absolute Gasteiger partial charge is 0.411 e. The van der Waals surface area contributed by atoms with Crippen molar-refractivity contribution in [2.24, 2.45) is 0 Å². The van der Waals surface area contributed by atoms with Crippen molar-refractivity contribution in [3.63, 3.8) is 0 Å². The van der Waals surface area contributed by atoms with E-state index < -0.39 is 7.60 Å². The molecule has 0 spiro atoms. The maximum Gasteiger partial charge on any atom is 0.411 e. The first-order chi connectivity index (χ1) is 11.5. The maximum atomic E-state index is 13.3. The zero-order valence-corrected chi connectivity index (χ0v) is 16.6. The first-order valence-electron chi connectivity index (χ1n) is 7.72. The summed E-state index contributed by atoms with van der Waals surface area (Å²) in [6, 6.07) is 13.2. The minimum Gasteiger partial charge on any atom is -0.419 e. The van der Waals surface area contributed by atoms with Gasteiger partial charge in [0.05, 0.1) is 16.4 Å². The molecule has 0 bridgehead atoms. The SMILES string of the molecule is CCOP1(=O)OC(c2ccc(CC)cc2)=C(Br)c2ccc(Cl)cc21. The van der Waals surface area contributed by atoms with Crippen LogP contribution in [-0.2, 0) is 20.0 Å². The van der Waals surface area contributed by atoms with Crippen molar-refractivity contribution < 1.29 is 13.6 Å². The van der Waals surface area contributed by atoms with Crippen LogP contribution in [0.2, 0.25) is 5.02 Å². The highest BCUT2D eigenvalue weighted by molar-refractivity contribution is 9.15. The van der Waals surface area contributed by atoms with Crippen LogP contribution in [0.4, 0.5) is 0 Å². The fourth-order valence-corrected chi connectivity index (χ4v) is 5.61. The summed E-state index contributed by atoms with van der Waals surface area (Å²) in [5.74, 6) is 0.518. The van der Waals surface area contributed by atoms with Gasteiger partial charge in [-0.1, -0.05) is 48.9 Å². The summed E-state index contributed by atoms with van der Waals surface area (Å²) in [5.41, 5.74) is 2.85. The van der Waals surface area contributed by atoms with E-state index in [-0.39, 0.29) is 6.61 Å². The number of fused-ring (bicyclic) bond motifs is 1. The van der Waals surface area contributed by atoms with Gasteiger partial charge in [0.25, 0.3) is 0 Å². The molecule has 0 radical (unpaired) electrons. The van der Waals surface area contributed by atoms with Gasteiger partial charge in [0.1, 0.15) is 0 Å². The predicted molar refractivity (Wildman–Crippen MR) is 103 cm³/mol. The monoisotopic (exact) mass is 426 g/mol. The highest BCUT2D eigenvalue weighted by atomic mass is 79.9. The Morgan fingerprint density at radius 1 is 1.17 bits per heavy atom. The zero-order valence-electron chi connectivity index (χ0n) is 13.4. The molecule has 24 heavy (non-hydrogen) atoms. The lowest BCUT2D eigenvalue weighted by atomic mass is 10.1. The highest BCUT2D eigenvalue weighted by Crippen LogP contribution is 2.57. The van der Waals surface area contributed by atoms with Crippen molar-refractivity contribution in [3.05, 3.63) is 64.2 Å². The molecule has 0 aromatic heterocycles. The van der Waals surface area contributed by atoms with Crippen molar-refractivity contribution in [2.45, 2.75) is 20.3 Å². The first-order valence-corrected chi connectivity index (χ1v) is 10.4. The minimum absolute atomic E-state index is 0.281. The fourth-order valence-electron chi connectivity index (χ4n) is 2.59. The molecule has 0 saturated carbocycles. The summed E-state index contributed by atoms with van der Waals surface area (Å²) in [6.07, 6.45) is 0.958. The lowest BCUT2D eigenvalue weighted by Crippen LogP contribution is -2.19. The van der Waals surface area contributed by atoms with Crippen LogP contribution in [-0.4, -0.2) is 6.61 Å². The standard InChI is InChI=1S/C18H17BrClO3P/c1-3-12-5-7-13(8-6-12)18-17(19)15-10-9-14(20)11-16(15)24(21,23-18)22-4-2/h5-11H,3-4H2,1-2H3. The molecule has 3 rings (SSSR count). The number of hydrogen-bond acceptors (Lipinski definition) is 3. The largest absolute Gasteiger partial charge is 0.419 e. The van der Waals surface area contributed by atoms with E-state index in [1.54, 1.807) is 19.1 Å². The average Bonchev–Trinajstić information content (AvgIpc) is 2.59. The summed E-state index contributed by atoms with van der Waals surface area (Å²) in [7, 11) is -3.48. The van der Waals surface area contributed by atoms with E-state index in [9.17, 15) is 4.57 Å². The van der Waals surface area contributed by atoms with E-state index in [4.69, 9.17) is 20.6 Å². The number of halogens is 2. The van der Waals surface area contributed by atoms with Crippen LogP contribution in [0.3, 0.4) is 0 Å². The summed E-state index contributed by atoms with van der Waals surface area (Å²) >= 11 is 9.66. The van der Waals surface area contributed by atoms with Gasteiger partial charge >= 0.3 is 7.60 Å². The second-order valence-corrected chi connectivity index (χ2v) is 8.51. The van der Waals surface area contributed by atoms with Crippen molar-refractivity contribution >= 4 is 50.7 Å². The van der Waals surface area contributed by atoms with Crippen LogP contribution in [0.15, 0.2) is 42.5 Å². The molecule has 1 aliphatic rings. The zero-order chi connectivity index (χ0) is 17.3. The molecule has 0 aliphatic carbocycles. The van der Waals surface area contributed by atoms with Crippen LogP contribution in [0.25, 0.3) is 10.2 Å². The minimum atomic E-state index is -3.48. The van der Waals surface area contributed by atoms with Crippen molar-refractivity contribution in [1.29, 1.82) is 0 Å². The van der Waals surface area contributed by atoms with Crippen LogP contribution in [0.1, 0.15) is 30.5 Å². The molecule has 0 amide bonds. The molecule has 126 valence electrons. The summed E-state index contributed by atoms with van der Waals surface area (Å²) < 4.78 is 25.4. The number of hydrogen-bond donors (Lipinski definition) is 0. The highest BCUT2D eigenvalue weighted by Gasteiger charge is 2.38. The summed E-state index contributed by atoms with van der Waals surface area (Å²) in [5, 5.41) is 0.978. The van der Waals surface area contributed by atoms with Gasteiger partial charge in [-0.3, -0.25) is 4.52 Å². The molecule has 1 heterocycles. The topological polar surface area (TPSA) is 35.5 Å². The van der Waals surface area contributed by atoms with Crippen molar-refractivity contribution in [1.82, 2.24) is 0 Å². The van der Waals surface area contributed by atoms with Gasteiger partial charge in [-0.05, 0) is 47.0 Å². The van der Waals surface area contributed by atoms with E-state index in [1.165, 1.54) is 5.56 Å². The number of benzene rings is 2. The van der Waals surface area contributed by atoms with Crippen LogP contribution >= 0.6 is 35.1 Å². The van der Waals surface area contributed by atoms with Gasteiger partial charge in [0.2, 0.25) is 0 Å². The van der Waals surface area contributed by atoms with Gasteiger partial charge in [0.15, 0.2) is 5.76 Å². The third-order valence-electron chi connectivity index (χ3n) is 3.83. The Morgan fingerprint density at radius 2 is 1.88 bits per heavy atom. The van der Waals surface area contributed by atoms with E-state index >= 15 is 0 Å². The van der Waals surface area contributed by atoms with Crippen molar-refractivity contribution in [3.8, 4) is 0 Å². The van der Waals surface area contributed by atoms with E-state index in [2.05, 4.69) is 22.9 Å². The molecule has 0 N–H and O–H groups in total. The molecule has 6 heteroatoms. The van der Waals surface area contributed by atoms with Gasteiger partial charge < -0.3 is 4.52 Å². The van der Waals surface area contributed by atoms with Crippen LogP contribution in [0.5, 0.6) is 0 Å². The molecule has 2 aromatic carbocycles. The van der Waals surface area contributed by atoms with Gasteiger partial charge in [0, 0.05) is 16.1 Å². The Kier molecular flexibility index (Phi) is 5.22. The molecule has 1 aliphatic heterocycles. The number of aryl methyl sites for hydroxylation is 1. The van der Waals surface area contributed by atoms with Crippen molar-refractivity contribution in [2.75, 3.05) is 6.61 Å². The third-order valence-corrected chi connectivity index (χ3v) is 6.83. The molecular formula is C18H17BrClO3P. The molecule has 3 nitrogen and oxygen atoms in total. The maximum absolute atomic E-state index is 13.3. The predicted octanol–water partition coefficient (Wildman–Crippen LogP) is 6.01. The summed E-state index contributed by atoms with van der Waals surface area (Å²) in [4.78, 5) is 0. The Morgan fingerprint density at radius 3 is 2.50 bits per heavy atom. The summed E-state index contributed by atoms with van der Waals surface area (Å²) in [6.45, 7) is 4.17. The lowest BCUT2D eigenvalue weighted by Gasteiger charge is -2.28. The average molecular weight is 428 g/mol. The Balaban J connectivity index is 2.17. The molecular weight excluding hydrogens is 411 g/mol. The Hall–Kier alpha value is -1.06.